The van der Waals surface area contributed by atoms with Crippen molar-refractivity contribution in [2.24, 2.45) is 0 Å². The summed E-state index contributed by atoms with van der Waals surface area (Å²) in [6.07, 6.45) is 1.85. The SMILES string of the molecule is Cc1cn2nc(Br)nc2c(C)n1. The lowest BCUT2D eigenvalue weighted by atomic mass is 10.4. The van der Waals surface area contributed by atoms with Gasteiger partial charge in [-0.05, 0) is 29.8 Å². The monoisotopic (exact) mass is 226 g/mol. The van der Waals surface area contributed by atoms with Crippen LogP contribution in [0, 0.1) is 13.8 Å². The van der Waals surface area contributed by atoms with Crippen LogP contribution in [-0.4, -0.2) is 19.6 Å². The second kappa shape index (κ2) is 2.52. The molecule has 0 aromatic carbocycles. The molecule has 4 nitrogen and oxygen atoms in total. The van der Waals surface area contributed by atoms with Crippen LogP contribution < -0.4 is 0 Å². The lowest BCUT2D eigenvalue weighted by Gasteiger charge is -1.96. The number of halogens is 1. The third-order valence-corrected chi connectivity index (χ3v) is 1.92. The normalized spacial score (nSPS) is 10.9. The van der Waals surface area contributed by atoms with Gasteiger partial charge in [0.05, 0.1) is 17.6 Å². The summed E-state index contributed by atoms with van der Waals surface area (Å²) in [4.78, 5) is 8.43. The number of aryl methyl sites for hydroxylation is 2. The summed E-state index contributed by atoms with van der Waals surface area (Å²) in [6, 6.07) is 0. The lowest BCUT2D eigenvalue weighted by Crippen LogP contribution is -1.95. The van der Waals surface area contributed by atoms with Gasteiger partial charge in [0.25, 0.3) is 0 Å². The van der Waals surface area contributed by atoms with E-state index in [9.17, 15) is 0 Å². The first-order valence-corrected chi connectivity index (χ1v) is 4.32. The smallest absolute Gasteiger partial charge is 0.218 e. The number of rotatable bonds is 0. The van der Waals surface area contributed by atoms with Gasteiger partial charge in [-0.3, -0.25) is 4.98 Å². The van der Waals surface area contributed by atoms with E-state index in [-0.39, 0.29) is 0 Å². The summed E-state index contributed by atoms with van der Waals surface area (Å²) in [7, 11) is 0. The Balaban J connectivity index is 2.88. The molecule has 0 bridgehead atoms. The second-order valence-electron chi connectivity index (χ2n) is 2.62. The maximum atomic E-state index is 4.27. The molecule has 0 unspecified atom stereocenters. The third-order valence-electron chi connectivity index (χ3n) is 1.58. The Hall–Kier alpha value is -0.970. The molecule has 0 saturated carbocycles. The summed E-state index contributed by atoms with van der Waals surface area (Å²) in [6.45, 7) is 3.85. The molecule has 12 heavy (non-hydrogen) atoms. The molecule has 62 valence electrons. The van der Waals surface area contributed by atoms with Crippen molar-refractivity contribution in [1.29, 1.82) is 0 Å². The highest BCUT2D eigenvalue weighted by molar-refractivity contribution is 9.10. The third kappa shape index (κ3) is 1.10. The van der Waals surface area contributed by atoms with Crippen molar-refractivity contribution in [3.05, 3.63) is 22.3 Å². The van der Waals surface area contributed by atoms with Crippen LogP contribution in [0.3, 0.4) is 0 Å². The number of hydrogen-bond acceptors (Lipinski definition) is 3. The van der Waals surface area contributed by atoms with Crippen LogP contribution in [0.1, 0.15) is 11.4 Å². The fourth-order valence-corrected chi connectivity index (χ4v) is 1.49. The van der Waals surface area contributed by atoms with E-state index in [0.717, 1.165) is 17.0 Å². The second-order valence-corrected chi connectivity index (χ2v) is 3.33. The first-order valence-electron chi connectivity index (χ1n) is 3.53. The van der Waals surface area contributed by atoms with Gasteiger partial charge in [-0.1, -0.05) is 0 Å². The molecule has 0 amide bonds. The summed E-state index contributed by atoms with van der Waals surface area (Å²) in [5.74, 6) is 0. The largest absolute Gasteiger partial charge is 0.253 e. The number of hydrogen-bond donors (Lipinski definition) is 0. The van der Waals surface area contributed by atoms with E-state index in [2.05, 4.69) is 31.0 Å². The van der Waals surface area contributed by atoms with E-state index in [1.807, 2.05) is 20.0 Å². The molecule has 0 radical (unpaired) electrons. The van der Waals surface area contributed by atoms with Crippen LogP contribution in [0.25, 0.3) is 5.65 Å². The molecule has 5 heteroatoms. The van der Waals surface area contributed by atoms with E-state index in [1.165, 1.54) is 0 Å². The average molecular weight is 227 g/mol. The Bertz CT molecular complexity index is 434. The minimum Gasteiger partial charge on any atom is -0.253 e. The fraction of sp³-hybridized carbons (Fsp3) is 0.286. The molecule has 0 saturated heterocycles. The van der Waals surface area contributed by atoms with Crippen LogP contribution in [0.5, 0.6) is 0 Å². The van der Waals surface area contributed by atoms with Crippen LogP contribution in [0.2, 0.25) is 0 Å². The Morgan fingerprint density at radius 2 is 2.08 bits per heavy atom. The van der Waals surface area contributed by atoms with Crippen molar-refractivity contribution < 1.29 is 0 Å². The summed E-state index contributed by atoms with van der Waals surface area (Å²) >= 11 is 3.21. The molecule has 2 heterocycles. The van der Waals surface area contributed by atoms with Gasteiger partial charge >= 0.3 is 0 Å². The molecule has 0 N–H and O–H groups in total. The van der Waals surface area contributed by atoms with Gasteiger partial charge < -0.3 is 0 Å². The summed E-state index contributed by atoms with van der Waals surface area (Å²) in [5.41, 5.74) is 2.64. The standard InChI is InChI=1S/C7H7BrN4/c1-4-3-12-6(5(2)9-4)10-7(8)11-12/h3H,1-2H3. The van der Waals surface area contributed by atoms with Crippen molar-refractivity contribution in [1.82, 2.24) is 19.6 Å². The topological polar surface area (TPSA) is 43.1 Å². The van der Waals surface area contributed by atoms with Gasteiger partial charge in [-0.2, -0.15) is 4.98 Å². The van der Waals surface area contributed by atoms with Gasteiger partial charge in [-0.25, -0.2) is 4.52 Å². The molecule has 0 aliphatic rings. The van der Waals surface area contributed by atoms with E-state index in [4.69, 9.17) is 0 Å². The lowest BCUT2D eigenvalue weighted by molar-refractivity contribution is 0.905. The highest BCUT2D eigenvalue weighted by Gasteiger charge is 2.04. The van der Waals surface area contributed by atoms with Crippen molar-refractivity contribution in [3.8, 4) is 0 Å². The molecule has 0 fully saturated rings. The zero-order valence-corrected chi connectivity index (χ0v) is 8.33. The zero-order chi connectivity index (χ0) is 8.72. The van der Waals surface area contributed by atoms with E-state index in [0.29, 0.717) is 4.73 Å². The molecule has 2 rings (SSSR count). The van der Waals surface area contributed by atoms with E-state index >= 15 is 0 Å². The van der Waals surface area contributed by atoms with Crippen LogP contribution in [0.4, 0.5) is 0 Å². The fourth-order valence-electron chi connectivity index (χ4n) is 1.15. The highest BCUT2D eigenvalue weighted by atomic mass is 79.9. The highest BCUT2D eigenvalue weighted by Crippen LogP contribution is 2.09. The zero-order valence-electron chi connectivity index (χ0n) is 6.74. The average Bonchev–Trinajstić information content (AvgIpc) is 2.29. The maximum absolute atomic E-state index is 4.27. The molecule has 2 aromatic rings. The van der Waals surface area contributed by atoms with Crippen molar-refractivity contribution in [3.63, 3.8) is 0 Å². The molecule has 0 atom stereocenters. The number of aromatic nitrogens is 4. The summed E-state index contributed by atoms with van der Waals surface area (Å²) in [5, 5.41) is 4.12. The van der Waals surface area contributed by atoms with E-state index in [1.54, 1.807) is 4.52 Å². The van der Waals surface area contributed by atoms with Gasteiger partial charge in [-0.15, -0.1) is 5.10 Å². The van der Waals surface area contributed by atoms with Crippen molar-refractivity contribution in [2.75, 3.05) is 0 Å². The van der Waals surface area contributed by atoms with Gasteiger partial charge in [0.1, 0.15) is 0 Å². The Morgan fingerprint density at radius 1 is 1.33 bits per heavy atom. The first-order chi connectivity index (χ1) is 5.66. The number of nitrogens with zero attached hydrogens (tertiary/aromatic N) is 4. The molecule has 2 aromatic heterocycles. The molecular weight excluding hydrogens is 220 g/mol. The Kier molecular flexibility index (Phi) is 1.61. The van der Waals surface area contributed by atoms with Crippen LogP contribution >= 0.6 is 15.9 Å². The van der Waals surface area contributed by atoms with Gasteiger partial charge in [0.15, 0.2) is 5.65 Å². The van der Waals surface area contributed by atoms with Gasteiger partial charge in [0, 0.05) is 0 Å². The molecule has 0 spiro atoms. The Labute approximate surface area is 77.8 Å². The van der Waals surface area contributed by atoms with Gasteiger partial charge in [0.2, 0.25) is 4.73 Å². The van der Waals surface area contributed by atoms with Crippen molar-refractivity contribution in [2.45, 2.75) is 13.8 Å². The van der Waals surface area contributed by atoms with Crippen molar-refractivity contribution >= 4 is 21.6 Å². The van der Waals surface area contributed by atoms with E-state index < -0.39 is 0 Å². The molecule has 0 aliphatic heterocycles. The quantitative estimate of drug-likeness (QED) is 0.684. The maximum Gasteiger partial charge on any atom is 0.218 e. The molecular formula is C7H7BrN4. The predicted octanol–water partition coefficient (Wildman–Crippen LogP) is 1.50. The number of fused-ring (bicyclic) bond motifs is 1. The first kappa shape index (κ1) is 7.67. The Morgan fingerprint density at radius 3 is 2.83 bits per heavy atom. The molecule has 0 aliphatic carbocycles. The van der Waals surface area contributed by atoms with Crippen LogP contribution in [-0.2, 0) is 0 Å². The van der Waals surface area contributed by atoms with Crippen LogP contribution in [0.15, 0.2) is 10.9 Å². The summed E-state index contributed by atoms with van der Waals surface area (Å²) < 4.78 is 2.32. The predicted molar refractivity (Wildman–Crippen MR) is 48.0 cm³/mol. The minimum atomic E-state index is 0.595. The minimum absolute atomic E-state index is 0.595.